The number of para-hydroxylation sites is 2. The molecule has 0 saturated heterocycles. The van der Waals surface area contributed by atoms with Gasteiger partial charge in [0.1, 0.15) is 11.2 Å². The Hall–Kier alpha value is -9.50. The molecule has 2 nitrogen and oxygen atoms in total. The van der Waals surface area contributed by atoms with Crippen LogP contribution < -0.4 is 4.90 Å². The van der Waals surface area contributed by atoms with Crippen LogP contribution in [0.1, 0.15) is 44.5 Å². The fraction of sp³-hybridized carbons (Fsp3) is 0.0278. The van der Waals surface area contributed by atoms with Gasteiger partial charge in [-0.1, -0.05) is 224 Å². The minimum atomic E-state index is -0.510. The number of rotatable bonds is 4. The molecule has 0 radical (unpaired) electrons. The minimum Gasteiger partial charge on any atom is -0.455 e. The molecule has 0 atom stereocenters. The van der Waals surface area contributed by atoms with E-state index in [0.29, 0.717) is 0 Å². The number of nitrogens with zero attached hydrogens (tertiary/aromatic N) is 1. The van der Waals surface area contributed by atoms with E-state index in [0.717, 1.165) is 55.5 Å². The highest BCUT2D eigenvalue weighted by atomic mass is 16.3. The monoisotopic (exact) mass is 937 g/mol. The molecule has 0 fully saturated rings. The van der Waals surface area contributed by atoms with Crippen LogP contribution in [0.3, 0.4) is 0 Å². The smallest absolute Gasteiger partial charge is 0.143 e. The summed E-state index contributed by atoms with van der Waals surface area (Å²) in [6.07, 6.45) is 0. The summed E-state index contributed by atoms with van der Waals surface area (Å²) in [5.74, 6) is 0. The van der Waals surface area contributed by atoms with E-state index in [-0.39, 0.29) is 0 Å². The predicted molar refractivity (Wildman–Crippen MR) is 304 cm³/mol. The molecule has 0 N–H and O–H groups in total. The van der Waals surface area contributed by atoms with E-state index in [1.165, 1.54) is 94.4 Å². The third kappa shape index (κ3) is 4.91. The molecule has 342 valence electrons. The molecule has 0 amide bonds. The summed E-state index contributed by atoms with van der Waals surface area (Å²) in [5, 5.41) is 4.51. The summed E-state index contributed by atoms with van der Waals surface area (Å²) in [5.41, 5.74) is 27.0. The minimum absolute atomic E-state index is 0.510. The van der Waals surface area contributed by atoms with E-state index in [1.807, 2.05) is 0 Å². The van der Waals surface area contributed by atoms with Crippen LogP contribution in [-0.2, 0) is 10.8 Å². The van der Waals surface area contributed by atoms with E-state index in [2.05, 4.69) is 266 Å². The average Bonchev–Trinajstić information content (AvgIpc) is 4.29. The van der Waals surface area contributed by atoms with Crippen molar-refractivity contribution in [3.8, 4) is 55.6 Å². The van der Waals surface area contributed by atoms with Gasteiger partial charge in [0.2, 0.25) is 0 Å². The summed E-state index contributed by atoms with van der Waals surface area (Å²) < 4.78 is 7.13. The van der Waals surface area contributed by atoms with Crippen LogP contribution in [0.4, 0.5) is 17.1 Å². The second-order valence-corrected chi connectivity index (χ2v) is 20.5. The molecule has 0 aliphatic heterocycles. The van der Waals surface area contributed by atoms with Gasteiger partial charge in [0, 0.05) is 38.7 Å². The number of hydrogen-bond donors (Lipinski definition) is 0. The average molecular weight is 938 g/mol. The maximum absolute atomic E-state index is 7.13. The van der Waals surface area contributed by atoms with Crippen molar-refractivity contribution in [1.82, 2.24) is 0 Å². The van der Waals surface area contributed by atoms with E-state index in [4.69, 9.17) is 4.42 Å². The van der Waals surface area contributed by atoms with Crippen molar-refractivity contribution in [3.05, 3.63) is 305 Å². The Bertz CT molecular complexity index is 4270. The van der Waals surface area contributed by atoms with Gasteiger partial charge in [-0.15, -0.1) is 0 Å². The molecule has 2 heteroatoms. The highest BCUT2D eigenvalue weighted by molar-refractivity contribution is 6.18. The number of benzene rings is 12. The highest BCUT2D eigenvalue weighted by Gasteiger charge is 2.53. The van der Waals surface area contributed by atoms with Crippen molar-refractivity contribution >= 4 is 49.8 Å². The van der Waals surface area contributed by atoms with Crippen LogP contribution in [0.25, 0.3) is 88.3 Å². The molecule has 12 aromatic carbocycles. The normalized spacial score (nSPS) is 14.2. The Labute approximate surface area is 428 Å². The van der Waals surface area contributed by atoms with Gasteiger partial charge in [-0.05, 0) is 131 Å². The molecule has 1 heterocycles. The summed E-state index contributed by atoms with van der Waals surface area (Å²) in [7, 11) is 0. The van der Waals surface area contributed by atoms with Gasteiger partial charge in [-0.3, -0.25) is 0 Å². The fourth-order valence-electron chi connectivity index (χ4n) is 14.5. The summed E-state index contributed by atoms with van der Waals surface area (Å²) in [6, 6.07) is 97.8. The first-order valence-corrected chi connectivity index (χ1v) is 25.8. The molecule has 4 aliphatic carbocycles. The van der Waals surface area contributed by atoms with Crippen LogP contribution in [-0.4, -0.2) is 0 Å². The van der Waals surface area contributed by atoms with Gasteiger partial charge in [-0.25, -0.2) is 0 Å². The quantitative estimate of drug-likeness (QED) is 0.175. The first-order chi connectivity index (χ1) is 36.7. The van der Waals surface area contributed by atoms with Crippen LogP contribution in [0.15, 0.2) is 265 Å². The van der Waals surface area contributed by atoms with Crippen molar-refractivity contribution < 1.29 is 4.42 Å². The summed E-state index contributed by atoms with van der Waals surface area (Å²) >= 11 is 0. The molecule has 0 saturated carbocycles. The van der Waals surface area contributed by atoms with Gasteiger partial charge in [-0.2, -0.15) is 0 Å². The maximum Gasteiger partial charge on any atom is 0.143 e. The van der Waals surface area contributed by atoms with E-state index >= 15 is 0 Å². The molecule has 13 aromatic rings. The lowest BCUT2D eigenvalue weighted by molar-refractivity contribution is 0.674. The first kappa shape index (κ1) is 40.1. The van der Waals surface area contributed by atoms with E-state index in [1.54, 1.807) is 0 Å². The van der Waals surface area contributed by atoms with Crippen molar-refractivity contribution in [3.63, 3.8) is 0 Å². The molecular formula is C72H43NO. The summed E-state index contributed by atoms with van der Waals surface area (Å²) in [6.45, 7) is 0. The third-order valence-corrected chi connectivity index (χ3v) is 17.3. The molecule has 2 spiro atoms. The Morgan fingerprint density at radius 1 is 0.243 bits per heavy atom. The largest absolute Gasteiger partial charge is 0.455 e. The molecule has 0 bridgehead atoms. The van der Waals surface area contributed by atoms with Crippen molar-refractivity contribution in [1.29, 1.82) is 0 Å². The lowest BCUT2D eigenvalue weighted by Crippen LogP contribution is -2.26. The Kier molecular flexibility index (Phi) is 7.90. The van der Waals surface area contributed by atoms with Crippen LogP contribution in [0.2, 0.25) is 0 Å². The first-order valence-electron chi connectivity index (χ1n) is 25.8. The standard InChI is InChI=1S/C72H43NO/c1-2-19-47-44(18-1)36-39-59-58-28-17-27-57(70(58)74-69(47)59)56-26-9-16-35-68(56)73(45-37-40-54-52-24-7-14-33-64(52)71(66(54)42-45)60-29-10-3-20-48(60)49-21-4-11-30-61(49)71)46-38-41-55-53-25-8-15-34-65(53)72(67(55)43-46)62-31-12-5-22-50(62)51-23-6-13-32-63(51)72/h1-43H. The van der Waals surface area contributed by atoms with Crippen molar-refractivity contribution in [2.24, 2.45) is 0 Å². The van der Waals surface area contributed by atoms with Gasteiger partial charge < -0.3 is 9.32 Å². The number of hydrogen-bond acceptors (Lipinski definition) is 2. The Morgan fingerprint density at radius 3 is 1.09 bits per heavy atom. The zero-order chi connectivity index (χ0) is 48.3. The van der Waals surface area contributed by atoms with Gasteiger partial charge >= 0.3 is 0 Å². The lowest BCUT2D eigenvalue weighted by Gasteiger charge is -2.34. The second kappa shape index (κ2) is 14.6. The molecule has 74 heavy (non-hydrogen) atoms. The SMILES string of the molecule is c1ccc(N(c2ccc3c(c2)C2(c4ccccc4-c4ccccc42)c2ccccc2-3)c2ccc3c(c2)C2(c4ccccc4-c4ccccc42)c2ccccc2-3)c(-c2cccc3c2oc2c4ccccc4ccc32)c1. The number of fused-ring (bicyclic) bond motifs is 25. The fourth-order valence-corrected chi connectivity index (χ4v) is 14.5. The highest BCUT2D eigenvalue weighted by Crippen LogP contribution is 2.65. The Balaban J connectivity index is 0.963. The van der Waals surface area contributed by atoms with Crippen LogP contribution in [0.5, 0.6) is 0 Å². The molecule has 4 aliphatic rings. The van der Waals surface area contributed by atoms with E-state index < -0.39 is 10.8 Å². The molecular weight excluding hydrogens is 895 g/mol. The van der Waals surface area contributed by atoms with Crippen LogP contribution in [0, 0.1) is 0 Å². The number of anilines is 3. The zero-order valence-corrected chi connectivity index (χ0v) is 40.2. The lowest BCUT2D eigenvalue weighted by atomic mass is 9.70. The van der Waals surface area contributed by atoms with Crippen molar-refractivity contribution in [2.75, 3.05) is 4.90 Å². The van der Waals surface area contributed by atoms with Gasteiger partial charge in [0.15, 0.2) is 0 Å². The van der Waals surface area contributed by atoms with E-state index in [9.17, 15) is 0 Å². The van der Waals surface area contributed by atoms with Crippen LogP contribution >= 0.6 is 0 Å². The molecule has 1 aromatic heterocycles. The predicted octanol–water partition coefficient (Wildman–Crippen LogP) is 18.6. The van der Waals surface area contributed by atoms with Gasteiger partial charge in [0.05, 0.1) is 16.5 Å². The van der Waals surface area contributed by atoms with Gasteiger partial charge in [0.25, 0.3) is 0 Å². The zero-order valence-electron chi connectivity index (χ0n) is 40.2. The third-order valence-electron chi connectivity index (χ3n) is 17.3. The van der Waals surface area contributed by atoms with Crippen molar-refractivity contribution in [2.45, 2.75) is 10.8 Å². The topological polar surface area (TPSA) is 16.4 Å². The summed E-state index contributed by atoms with van der Waals surface area (Å²) in [4.78, 5) is 2.54. The number of furan rings is 1. The maximum atomic E-state index is 7.13. The molecule has 17 rings (SSSR count). The molecule has 0 unspecified atom stereocenters. The Morgan fingerprint density at radius 2 is 0.608 bits per heavy atom. The second-order valence-electron chi connectivity index (χ2n) is 20.5.